The number of likely N-dealkylation sites (tertiary alicyclic amines) is 1. The number of phenols is 1. The second-order valence-corrected chi connectivity index (χ2v) is 21.0. The molecule has 2 aromatic carbocycles. The minimum absolute atomic E-state index is 0.103. The molecule has 3 aliphatic heterocycles. The first-order chi connectivity index (χ1) is 33.3. The Kier molecular flexibility index (Phi) is 13.5. The largest absolute Gasteiger partial charge is 0.507 e. The van der Waals surface area contributed by atoms with Crippen LogP contribution >= 0.6 is 11.3 Å². The number of phenolic OH excluding ortho intramolecular Hbond substituents is 1. The molecule has 3 saturated heterocycles. The van der Waals surface area contributed by atoms with Gasteiger partial charge in [0.15, 0.2) is 5.82 Å². The molecule has 20 heteroatoms. The predicted octanol–water partition coefficient (Wildman–Crippen LogP) is 6.61. The molecular formula is C50H58F3N11O5S. The summed E-state index contributed by atoms with van der Waals surface area (Å²) >= 11 is 1.24. The van der Waals surface area contributed by atoms with Gasteiger partial charge in [-0.25, -0.2) is 15.0 Å². The van der Waals surface area contributed by atoms with E-state index in [1.807, 2.05) is 45.3 Å². The molecule has 9 rings (SSSR count). The average molecular weight is 982 g/mol. The number of carbonyl (C=O) groups is 3. The topological polar surface area (TPSA) is 216 Å². The number of anilines is 3. The lowest BCUT2D eigenvalue weighted by molar-refractivity contribution is -0.144. The number of para-hydroxylation sites is 1. The fourth-order valence-electron chi connectivity index (χ4n) is 10.7. The minimum atomic E-state index is -4.70. The first-order valence-corrected chi connectivity index (χ1v) is 24.7. The number of nitrogen functional groups attached to an aromatic ring is 1. The van der Waals surface area contributed by atoms with Gasteiger partial charge in [-0.05, 0) is 97.7 Å². The zero-order chi connectivity index (χ0) is 49.6. The number of carbonyl (C=O) groups excluding carboxylic acids is 3. The number of nitrogens with two attached hydrogens (primary N) is 1. The lowest BCUT2D eigenvalue weighted by Gasteiger charge is -2.42. The number of aryl methyl sites for hydroxylation is 1. The van der Waals surface area contributed by atoms with Crippen LogP contribution in [0.4, 0.5) is 30.6 Å². The number of halogens is 3. The van der Waals surface area contributed by atoms with Gasteiger partial charge in [0.2, 0.25) is 23.7 Å². The van der Waals surface area contributed by atoms with Gasteiger partial charge in [0, 0.05) is 68.6 Å². The minimum Gasteiger partial charge on any atom is -0.507 e. The maximum Gasteiger partial charge on any atom is 0.416 e. The Labute approximate surface area is 407 Å². The molecule has 2 unspecified atom stereocenters. The van der Waals surface area contributed by atoms with Crippen LogP contribution in [-0.4, -0.2) is 108 Å². The molecule has 5 aromatic rings. The van der Waals surface area contributed by atoms with E-state index < -0.39 is 53.7 Å². The number of aromatic hydroxyl groups is 1. The van der Waals surface area contributed by atoms with E-state index in [4.69, 9.17) is 15.7 Å². The van der Waals surface area contributed by atoms with Crippen molar-refractivity contribution in [3.8, 4) is 27.4 Å². The number of aliphatic hydroxyl groups excluding tert-OH is 1. The highest BCUT2D eigenvalue weighted by molar-refractivity contribution is 7.13. The third kappa shape index (κ3) is 9.97. The number of fused-ring (bicyclic) bond motifs is 2. The summed E-state index contributed by atoms with van der Waals surface area (Å²) in [6.45, 7) is 7.92. The molecule has 370 valence electrons. The second kappa shape index (κ2) is 19.4. The number of aliphatic hydroxyl groups is 1. The number of benzene rings is 2. The number of nitrogens with one attached hydrogen (secondary N) is 2. The smallest absolute Gasteiger partial charge is 0.416 e. The summed E-state index contributed by atoms with van der Waals surface area (Å²) in [6.07, 6.45) is 2.47. The molecule has 70 heavy (non-hydrogen) atoms. The highest BCUT2D eigenvalue weighted by Gasteiger charge is 2.46. The monoisotopic (exact) mass is 981 g/mol. The molecule has 16 nitrogen and oxygen atoms in total. The fraction of sp³-hybridized carbons (Fsp3) is 0.480. The van der Waals surface area contributed by atoms with E-state index in [2.05, 4.69) is 35.6 Å². The van der Waals surface area contributed by atoms with Crippen LogP contribution in [0.25, 0.3) is 21.7 Å². The SMILES string of the molecule is Cc1ncsc1-c1ccc(CNC(=O)[C@@H]2C[C@@H](O)CN2C(=O)[C@@H](NC(=O)[C@H]2CC[C@H](c3cnc(N4C5CCC4CN(c4cc(-c6ccccc6O)nnc4N)C5)nc3)CC2)C(C)(C)C)c(C(F)(F)F)c1. The first-order valence-electron chi connectivity index (χ1n) is 23.8. The van der Waals surface area contributed by atoms with E-state index in [0.29, 0.717) is 77.9 Å². The number of rotatable bonds is 11. The van der Waals surface area contributed by atoms with Crippen LogP contribution in [0.3, 0.4) is 0 Å². The summed E-state index contributed by atoms with van der Waals surface area (Å²) in [5.74, 6) is -0.618. The molecule has 0 radical (unpaired) electrons. The van der Waals surface area contributed by atoms with Crippen LogP contribution < -0.4 is 26.2 Å². The Hall–Kier alpha value is -6.41. The molecule has 4 fully saturated rings. The van der Waals surface area contributed by atoms with Crippen molar-refractivity contribution in [1.82, 2.24) is 40.7 Å². The number of piperazine rings is 1. The van der Waals surface area contributed by atoms with Crippen LogP contribution in [0.2, 0.25) is 0 Å². The van der Waals surface area contributed by atoms with Crippen molar-refractivity contribution >= 4 is 46.5 Å². The number of thiazole rings is 1. The Morgan fingerprint density at radius 2 is 1.60 bits per heavy atom. The maximum atomic E-state index is 14.3. The van der Waals surface area contributed by atoms with Crippen LogP contribution in [0.5, 0.6) is 5.75 Å². The lowest BCUT2D eigenvalue weighted by atomic mass is 9.78. The van der Waals surface area contributed by atoms with E-state index in [0.717, 1.165) is 30.2 Å². The highest BCUT2D eigenvalue weighted by Crippen LogP contribution is 2.41. The number of β-amino-alcohol motifs (C(OH)–C–C–N with tert-alkyl or cyclic N) is 1. The van der Waals surface area contributed by atoms with Crippen molar-refractivity contribution in [1.29, 1.82) is 0 Å². The Morgan fingerprint density at radius 1 is 0.900 bits per heavy atom. The van der Waals surface area contributed by atoms with E-state index in [-0.39, 0.29) is 54.1 Å². The zero-order valence-corrected chi connectivity index (χ0v) is 40.3. The van der Waals surface area contributed by atoms with Crippen molar-refractivity contribution in [2.75, 3.05) is 35.2 Å². The number of nitrogens with zero attached hydrogens (tertiary/aromatic N) is 8. The Balaban J connectivity index is 0.796. The highest BCUT2D eigenvalue weighted by atomic mass is 32.1. The number of aromatic nitrogens is 5. The van der Waals surface area contributed by atoms with Gasteiger partial charge in [-0.15, -0.1) is 21.5 Å². The molecule has 1 saturated carbocycles. The molecule has 1 aliphatic carbocycles. The van der Waals surface area contributed by atoms with Gasteiger partial charge in [0.05, 0.1) is 39.1 Å². The van der Waals surface area contributed by atoms with Crippen LogP contribution in [0.1, 0.15) is 94.0 Å². The molecule has 2 bridgehead atoms. The van der Waals surface area contributed by atoms with Crippen LogP contribution in [0, 0.1) is 18.3 Å². The quantitative estimate of drug-likeness (QED) is 0.0943. The molecule has 0 spiro atoms. The predicted molar refractivity (Wildman–Crippen MR) is 258 cm³/mol. The van der Waals surface area contributed by atoms with Crippen molar-refractivity contribution in [3.05, 3.63) is 88.8 Å². The van der Waals surface area contributed by atoms with Crippen LogP contribution in [0.15, 0.2) is 66.4 Å². The van der Waals surface area contributed by atoms with Gasteiger partial charge < -0.3 is 41.3 Å². The van der Waals surface area contributed by atoms with Gasteiger partial charge in [0.1, 0.15) is 17.8 Å². The summed E-state index contributed by atoms with van der Waals surface area (Å²) in [6, 6.07) is 10.9. The third-order valence-corrected chi connectivity index (χ3v) is 15.4. The second-order valence-electron chi connectivity index (χ2n) is 20.1. The van der Waals surface area contributed by atoms with Gasteiger partial charge in [-0.2, -0.15) is 13.2 Å². The molecule has 3 aromatic heterocycles. The zero-order valence-electron chi connectivity index (χ0n) is 39.5. The van der Waals surface area contributed by atoms with E-state index in [1.165, 1.54) is 22.3 Å². The third-order valence-electron chi connectivity index (χ3n) is 14.4. The number of amides is 3. The Bertz CT molecular complexity index is 2730. The number of hydrogen-bond donors (Lipinski definition) is 5. The van der Waals surface area contributed by atoms with Crippen molar-refractivity contribution < 1.29 is 37.8 Å². The van der Waals surface area contributed by atoms with Gasteiger partial charge in [0.25, 0.3) is 0 Å². The normalized spacial score (nSPS) is 23.1. The van der Waals surface area contributed by atoms with Crippen molar-refractivity contribution in [2.24, 2.45) is 11.3 Å². The maximum absolute atomic E-state index is 14.3. The molecule has 6 N–H and O–H groups in total. The van der Waals surface area contributed by atoms with Crippen molar-refractivity contribution in [2.45, 2.75) is 122 Å². The Morgan fingerprint density at radius 3 is 2.24 bits per heavy atom. The summed E-state index contributed by atoms with van der Waals surface area (Å²) < 4.78 is 42.9. The standard InChI is InChI=1S/C50H58F3N11O5S/c1-27-42(70-26-58-27)30-13-14-31(37(17-30)50(51,52)53)20-55-46(68)40-18-35(65)25-63(40)47(69)43(49(2,3)4)59-45(67)29-11-9-28(10-12-29)32-21-56-48(57-22-32)64-33-15-16-34(64)24-62(23-33)39-19-38(60-61-44(39)54)36-7-5-6-8-41(36)66/h5-8,13-14,17,19,21-22,26,28-29,33-35,40,43,65-66H,9-12,15-16,18,20,23-25H2,1-4H3,(H2,54,61)(H,55,68)(H,59,67)/t28-,29-,33?,34?,35-,40+,43-/m1/s1. The first kappa shape index (κ1) is 48.6. The van der Waals surface area contributed by atoms with Crippen LogP contribution in [-0.2, 0) is 27.1 Å². The molecule has 6 heterocycles. The molecule has 3 amide bonds. The van der Waals surface area contributed by atoms with Crippen molar-refractivity contribution in [3.63, 3.8) is 0 Å². The van der Waals surface area contributed by atoms with E-state index >= 15 is 0 Å². The number of hydrogen-bond acceptors (Lipinski definition) is 14. The summed E-state index contributed by atoms with van der Waals surface area (Å²) in [7, 11) is 0. The van der Waals surface area contributed by atoms with E-state index in [1.54, 1.807) is 36.7 Å². The fourth-order valence-corrected chi connectivity index (χ4v) is 11.5. The summed E-state index contributed by atoms with van der Waals surface area (Å²) in [5, 5.41) is 35.2. The summed E-state index contributed by atoms with van der Waals surface area (Å²) in [4.78, 5) is 62.2. The lowest BCUT2D eigenvalue weighted by Crippen LogP contribution is -2.58. The van der Waals surface area contributed by atoms with Gasteiger partial charge in [-0.1, -0.05) is 45.0 Å². The molecule has 5 atom stereocenters. The molecular weight excluding hydrogens is 924 g/mol. The van der Waals surface area contributed by atoms with Gasteiger partial charge in [-0.3, -0.25) is 14.4 Å². The summed E-state index contributed by atoms with van der Waals surface area (Å²) in [5.41, 5.74) is 9.97. The average Bonchev–Trinajstić information content (AvgIpc) is 4.03. The number of alkyl halides is 3. The van der Waals surface area contributed by atoms with E-state index in [9.17, 15) is 37.8 Å². The van der Waals surface area contributed by atoms with Gasteiger partial charge >= 0.3 is 6.18 Å². The molecule has 4 aliphatic rings.